The number of carbonyl (C=O) groups is 1. The Labute approximate surface area is 118 Å². The van der Waals surface area contributed by atoms with Crippen LogP contribution in [0.25, 0.3) is 0 Å². The molecule has 0 amide bonds. The fourth-order valence-electron chi connectivity index (χ4n) is 2.92. The third kappa shape index (κ3) is 2.67. The normalized spacial score (nSPS) is 28.1. The molecule has 2 heterocycles. The van der Waals surface area contributed by atoms with Crippen molar-refractivity contribution in [3.05, 3.63) is 23.6 Å². The summed E-state index contributed by atoms with van der Waals surface area (Å²) in [5, 5.41) is 8.87. The second kappa shape index (κ2) is 4.80. The quantitative estimate of drug-likeness (QED) is 0.831. The summed E-state index contributed by atoms with van der Waals surface area (Å²) in [6.45, 7) is 5.48. The predicted molar refractivity (Wildman–Crippen MR) is 73.2 cm³/mol. The zero-order chi connectivity index (χ0) is 15.1. The predicted octanol–water partition coefficient (Wildman–Crippen LogP) is 1.32. The van der Waals surface area contributed by atoms with Gasteiger partial charge >= 0.3 is 5.97 Å². The average molecular weight is 301 g/mol. The minimum absolute atomic E-state index is 0.0760. The molecule has 0 bridgehead atoms. The highest BCUT2D eigenvalue weighted by Gasteiger charge is 2.45. The number of ether oxygens (including phenoxy) is 1. The summed E-state index contributed by atoms with van der Waals surface area (Å²) in [4.78, 5) is 10.8. The van der Waals surface area contributed by atoms with Gasteiger partial charge in [-0.2, -0.15) is 0 Å². The van der Waals surface area contributed by atoms with Crippen LogP contribution < -0.4 is 0 Å². The van der Waals surface area contributed by atoms with Crippen molar-refractivity contribution in [2.45, 2.75) is 32.7 Å². The lowest BCUT2D eigenvalue weighted by atomic mass is 9.92. The highest BCUT2D eigenvalue weighted by molar-refractivity contribution is 7.89. The van der Waals surface area contributed by atoms with E-state index in [4.69, 9.17) is 9.84 Å². The van der Waals surface area contributed by atoms with Crippen LogP contribution in [0.2, 0.25) is 0 Å². The van der Waals surface area contributed by atoms with E-state index in [1.54, 1.807) is 0 Å². The zero-order valence-corrected chi connectivity index (χ0v) is 12.6. The van der Waals surface area contributed by atoms with Gasteiger partial charge in [-0.05, 0) is 38.3 Å². The van der Waals surface area contributed by atoms with Crippen molar-refractivity contribution in [1.29, 1.82) is 0 Å². The maximum atomic E-state index is 12.4. The highest BCUT2D eigenvalue weighted by atomic mass is 32.2. The summed E-state index contributed by atoms with van der Waals surface area (Å²) in [6.07, 6.45) is 3.54. The van der Waals surface area contributed by atoms with Gasteiger partial charge in [0.2, 0.25) is 15.9 Å². The average Bonchev–Trinajstić information content (AvgIpc) is 2.25. The lowest BCUT2D eigenvalue weighted by Gasteiger charge is -2.45. The first-order valence-corrected chi connectivity index (χ1v) is 8.04. The Morgan fingerprint density at radius 1 is 1.45 bits per heavy atom. The molecule has 0 aromatic carbocycles. The molecule has 2 aliphatic heterocycles. The molecule has 112 valence electrons. The molecule has 1 N–H and O–H groups in total. The van der Waals surface area contributed by atoms with Gasteiger partial charge in [0.05, 0.1) is 16.9 Å². The molecule has 6 nitrogen and oxygen atoms in total. The molecule has 1 fully saturated rings. The third-order valence-electron chi connectivity index (χ3n) is 3.45. The first-order chi connectivity index (χ1) is 9.13. The monoisotopic (exact) mass is 301 g/mol. The molecule has 0 saturated carbocycles. The largest absolute Gasteiger partial charge is 0.478 e. The van der Waals surface area contributed by atoms with Crippen molar-refractivity contribution in [3.8, 4) is 0 Å². The van der Waals surface area contributed by atoms with Gasteiger partial charge in [0.25, 0.3) is 0 Å². The molecular weight excluding hydrogens is 282 g/mol. The second-order valence-corrected chi connectivity index (χ2v) is 7.82. The van der Waals surface area contributed by atoms with Crippen LogP contribution in [-0.2, 0) is 19.6 Å². The fourth-order valence-corrected chi connectivity index (χ4v) is 5.12. The molecule has 2 aliphatic rings. The van der Waals surface area contributed by atoms with E-state index < -0.39 is 21.5 Å². The van der Waals surface area contributed by atoms with Crippen molar-refractivity contribution < 1.29 is 23.1 Å². The van der Waals surface area contributed by atoms with Gasteiger partial charge in [0.1, 0.15) is 6.61 Å². The van der Waals surface area contributed by atoms with Crippen molar-refractivity contribution in [2.75, 3.05) is 12.4 Å². The van der Waals surface area contributed by atoms with Crippen LogP contribution in [0, 0.1) is 5.92 Å². The Hall–Kier alpha value is -1.50. The van der Waals surface area contributed by atoms with E-state index >= 15 is 0 Å². The van der Waals surface area contributed by atoms with Crippen LogP contribution in [-0.4, -0.2) is 41.7 Å². The minimum atomic E-state index is -3.45. The Morgan fingerprint density at radius 3 is 2.55 bits per heavy atom. The molecule has 0 spiro atoms. The Kier molecular flexibility index (Phi) is 3.58. The molecule has 0 aromatic heterocycles. The summed E-state index contributed by atoms with van der Waals surface area (Å²) in [5.41, 5.74) is -0.481. The van der Waals surface area contributed by atoms with E-state index in [1.165, 1.54) is 16.5 Å². The summed E-state index contributed by atoms with van der Waals surface area (Å²) in [5.74, 6) is -0.700. The van der Waals surface area contributed by atoms with E-state index in [9.17, 15) is 13.2 Å². The molecule has 1 unspecified atom stereocenters. The maximum Gasteiger partial charge on any atom is 0.335 e. The van der Waals surface area contributed by atoms with Crippen LogP contribution in [0.4, 0.5) is 0 Å². The number of allylic oxidation sites excluding steroid dienone is 2. The molecule has 0 radical (unpaired) electrons. The number of carboxylic acids is 1. The van der Waals surface area contributed by atoms with Gasteiger partial charge in [-0.1, -0.05) is 6.92 Å². The topological polar surface area (TPSA) is 83.9 Å². The van der Waals surface area contributed by atoms with E-state index in [2.05, 4.69) is 0 Å². The third-order valence-corrected chi connectivity index (χ3v) is 5.67. The molecule has 1 saturated heterocycles. The smallest absolute Gasteiger partial charge is 0.335 e. The number of carboxylic acid groups (broad SMARTS) is 1. The number of nitrogens with zero attached hydrogens (tertiary/aromatic N) is 1. The highest BCUT2D eigenvalue weighted by Crippen LogP contribution is 2.37. The summed E-state index contributed by atoms with van der Waals surface area (Å²) in [6, 6.07) is 0. The minimum Gasteiger partial charge on any atom is -0.478 e. The van der Waals surface area contributed by atoms with Crippen molar-refractivity contribution in [2.24, 2.45) is 5.92 Å². The van der Waals surface area contributed by atoms with Crippen molar-refractivity contribution in [1.82, 2.24) is 4.31 Å². The Morgan fingerprint density at radius 2 is 2.10 bits per heavy atom. The molecule has 2 rings (SSSR count). The van der Waals surface area contributed by atoms with E-state index in [0.717, 1.165) is 6.42 Å². The summed E-state index contributed by atoms with van der Waals surface area (Å²) >= 11 is 0. The molecule has 1 atom stereocenters. The number of aliphatic carboxylic acids is 1. The lowest BCUT2D eigenvalue weighted by molar-refractivity contribution is -0.133. The number of rotatable bonds is 2. The van der Waals surface area contributed by atoms with Gasteiger partial charge < -0.3 is 9.84 Å². The van der Waals surface area contributed by atoms with Gasteiger partial charge in [-0.3, -0.25) is 0 Å². The summed E-state index contributed by atoms with van der Waals surface area (Å²) in [7, 11) is -3.45. The van der Waals surface area contributed by atoms with Gasteiger partial charge in [-0.25, -0.2) is 17.5 Å². The molecule has 20 heavy (non-hydrogen) atoms. The van der Waals surface area contributed by atoms with E-state index in [-0.39, 0.29) is 29.7 Å². The first-order valence-electron chi connectivity index (χ1n) is 6.43. The number of sulfonamides is 1. The maximum absolute atomic E-state index is 12.4. The first kappa shape index (κ1) is 14.9. The van der Waals surface area contributed by atoms with Crippen LogP contribution in [0.3, 0.4) is 0 Å². The van der Waals surface area contributed by atoms with Gasteiger partial charge in [0.15, 0.2) is 0 Å². The zero-order valence-electron chi connectivity index (χ0n) is 11.8. The fraction of sp³-hybridized carbons (Fsp3) is 0.615. The van der Waals surface area contributed by atoms with Crippen LogP contribution in [0.5, 0.6) is 0 Å². The van der Waals surface area contributed by atoms with Gasteiger partial charge in [0, 0.05) is 0 Å². The van der Waals surface area contributed by atoms with Crippen molar-refractivity contribution in [3.63, 3.8) is 0 Å². The molecule has 0 aliphatic carbocycles. The van der Waals surface area contributed by atoms with Crippen LogP contribution >= 0.6 is 0 Å². The summed E-state index contributed by atoms with van der Waals surface area (Å²) < 4.78 is 31.4. The van der Waals surface area contributed by atoms with Gasteiger partial charge in [-0.15, -0.1) is 0 Å². The van der Waals surface area contributed by atoms with Crippen LogP contribution in [0.15, 0.2) is 23.6 Å². The number of hydrogen-bond donors (Lipinski definition) is 1. The van der Waals surface area contributed by atoms with E-state index in [0.29, 0.717) is 0 Å². The molecular formula is C13H19NO5S. The Bertz CT molecular complexity index is 588. The van der Waals surface area contributed by atoms with Crippen molar-refractivity contribution >= 4 is 16.0 Å². The molecule has 0 aromatic rings. The lowest BCUT2D eigenvalue weighted by Crippen LogP contribution is -2.54. The number of hydrogen-bond acceptors (Lipinski definition) is 4. The standard InChI is InChI=1S/C13H19NO5S/c1-9-6-13(2,3)14(20(17,18)8-9)11-5-4-10(7-19-11)12(15)16/h4-5,9H,6-8H2,1-3H3,(H,15,16). The second-order valence-electron chi connectivity index (χ2n) is 5.96. The molecule has 7 heteroatoms. The van der Waals surface area contributed by atoms with Crippen LogP contribution in [0.1, 0.15) is 27.2 Å². The SMILES string of the molecule is CC1CC(C)(C)N(C2=CC=C(C(=O)O)CO2)S(=O)(=O)C1. The van der Waals surface area contributed by atoms with E-state index in [1.807, 2.05) is 20.8 Å². The Balaban J connectivity index is 2.38.